The first-order chi connectivity index (χ1) is 26.1. The molecule has 1 heterocycles. The van der Waals surface area contributed by atoms with E-state index in [2.05, 4.69) is 53.4 Å². The van der Waals surface area contributed by atoms with Gasteiger partial charge in [-0.05, 0) is 155 Å². The van der Waals surface area contributed by atoms with Crippen LogP contribution in [-0.4, -0.2) is 88.6 Å². The number of rotatable bonds is 12. The number of ketones is 1. The lowest BCUT2D eigenvalue weighted by Crippen LogP contribution is -2.66. The van der Waals surface area contributed by atoms with Gasteiger partial charge in [0.25, 0.3) is 0 Å². The molecular weight excluding hydrogens is 705 g/mol. The third-order valence-corrected chi connectivity index (χ3v) is 18.0. The van der Waals surface area contributed by atoms with Crippen LogP contribution in [0.15, 0.2) is 11.1 Å². The standard InChI is InChI=1S/C47H74N2O7/c1-29(2)39-32(50)24-47(35(51)27-49(26-30-12-13-30)37(52)28-48-22-10-11-23-48)21-20-45(8)31(40(39)47)14-15-34-44(7)18-17-36(56-38(53)25-42(3,4)41(54)55)43(5,6)33(44)16-19-46(34,45)9/h29-31,33-36,51H,10-28H2,1-9H3,(H,54,55)/t31-,33+,34-,35+,36+,44+,45-,46-,47+/m1/s1. The van der Waals surface area contributed by atoms with Gasteiger partial charge in [0.1, 0.15) is 6.10 Å². The van der Waals surface area contributed by atoms with Crippen molar-refractivity contribution in [1.82, 2.24) is 9.80 Å². The number of allylic oxidation sites excluding steroid dienone is 1. The number of aliphatic hydroxyl groups is 1. The van der Waals surface area contributed by atoms with Crippen molar-refractivity contribution in [2.45, 2.75) is 164 Å². The number of nitrogens with zero attached hydrogens (tertiary/aromatic N) is 2. The van der Waals surface area contributed by atoms with Gasteiger partial charge < -0.3 is 19.8 Å². The minimum atomic E-state index is -1.17. The largest absolute Gasteiger partial charge is 0.481 e. The summed E-state index contributed by atoms with van der Waals surface area (Å²) >= 11 is 0. The van der Waals surface area contributed by atoms with E-state index in [4.69, 9.17) is 4.74 Å². The van der Waals surface area contributed by atoms with E-state index in [9.17, 15) is 29.4 Å². The number of hydrogen-bond acceptors (Lipinski definition) is 7. The molecule has 1 amide bonds. The van der Waals surface area contributed by atoms with Crippen LogP contribution in [0.2, 0.25) is 0 Å². The molecule has 7 aliphatic rings. The molecule has 7 rings (SSSR count). The predicted octanol–water partition coefficient (Wildman–Crippen LogP) is 8.08. The van der Waals surface area contributed by atoms with E-state index in [-0.39, 0.29) is 57.7 Å². The van der Waals surface area contributed by atoms with Gasteiger partial charge in [-0.15, -0.1) is 0 Å². The summed E-state index contributed by atoms with van der Waals surface area (Å²) in [6, 6.07) is 0. The molecule has 9 atom stereocenters. The van der Waals surface area contributed by atoms with E-state index in [0.717, 1.165) is 95.7 Å². The molecule has 2 N–H and O–H groups in total. The highest BCUT2D eigenvalue weighted by Gasteiger charge is 2.71. The number of carboxylic acids is 1. The zero-order valence-electron chi connectivity index (χ0n) is 36.3. The van der Waals surface area contributed by atoms with Gasteiger partial charge in [-0.3, -0.25) is 24.1 Å². The van der Waals surface area contributed by atoms with Gasteiger partial charge in [-0.1, -0.05) is 54.0 Å². The monoisotopic (exact) mass is 779 g/mol. The second kappa shape index (κ2) is 14.5. The zero-order valence-corrected chi connectivity index (χ0v) is 36.3. The van der Waals surface area contributed by atoms with E-state index < -0.39 is 28.9 Å². The maximum absolute atomic E-state index is 14.3. The first kappa shape index (κ1) is 41.9. The lowest BCUT2D eigenvalue weighted by atomic mass is 9.33. The Balaban J connectivity index is 1.15. The third kappa shape index (κ3) is 6.72. The van der Waals surface area contributed by atoms with Gasteiger partial charge in [0, 0.05) is 30.3 Å². The Morgan fingerprint density at radius 1 is 0.893 bits per heavy atom. The van der Waals surface area contributed by atoms with E-state index in [1.807, 2.05) is 4.90 Å². The molecule has 1 aliphatic heterocycles. The smallest absolute Gasteiger partial charge is 0.309 e. The maximum Gasteiger partial charge on any atom is 0.309 e. The van der Waals surface area contributed by atoms with Crippen LogP contribution in [0.3, 0.4) is 0 Å². The van der Waals surface area contributed by atoms with Crippen LogP contribution in [0.4, 0.5) is 0 Å². The topological polar surface area (TPSA) is 124 Å². The molecule has 5 saturated carbocycles. The summed E-state index contributed by atoms with van der Waals surface area (Å²) in [6.45, 7) is 23.0. The molecule has 56 heavy (non-hydrogen) atoms. The van der Waals surface area contributed by atoms with Crippen LogP contribution >= 0.6 is 0 Å². The van der Waals surface area contributed by atoms with Crippen LogP contribution in [0.5, 0.6) is 0 Å². The van der Waals surface area contributed by atoms with Crippen molar-refractivity contribution in [2.75, 3.05) is 32.7 Å². The average Bonchev–Trinajstić information content (AvgIpc) is 3.66. The third-order valence-electron chi connectivity index (χ3n) is 18.0. The minimum Gasteiger partial charge on any atom is -0.481 e. The summed E-state index contributed by atoms with van der Waals surface area (Å²) in [7, 11) is 0. The maximum atomic E-state index is 14.3. The summed E-state index contributed by atoms with van der Waals surface area (Å²) in [5.41, 5.74) is 0.175. The Morgan fingerprint density at radius 2 is 1.57 bits per heavy atom. The number of aliphatic carboxylic acids is 1. The number of likely N-dealkylation sites (tertiary alicyclic amines) is 1. The Labute approximate surface area is 337 Å². The molecule has 9 heteroatoms. The lowest BCUT2D eigenvalue weighted by Gasteiger charge is -2.72. The fourth-order valence-corrected chi connectivity index (χ4v) is 14.4. The molecule has 0 aromatic carbocycles. The highest BCUT2D eigenvalue weighted by molar-refractivity contribution is 6.00. The number of fused-ring (bicyclic) bond motifs is 7. The molecular formula is C47H74N2O7. The highest BCUT2D eigenvalue weighted by Crippen LogP contribution is 2.77. The first-order valence-corrected chi connectivity index (χ1v) is 22.5. The average molecular weight is 779 g/mol. The van der Waals surface area contributed by atoms with E-state index >= 15 is 0 Å². The number of carbonyl (C=O) groups is 4. The van der Waals surface area contributed by atoms with Crippen LogP contribution in [0.1, 0.15) is 152 Å². The van der Waals surface area contributed by atoms with Gasteiger partial charge in [0.15, 0.2) is 5.78 Å². The van der Waals surface area contributed by atoms with Crippen molar-refractivity contribution in [3.05, 3.63) is 11.1 Å². The van der Waals surface area contributed by atoms with Gasteiger partial charge in [-0.25, -0.2) is 0 Å². The predicted molar refractivity (Wildman–Crippen MR) is 216 cm³/mol. The van der Waals surface area contributed by atoms with E-state index in [0.29, 0.717) is 43.8 Å². The number of carbonyl (C=O) groups excluding carboxylic acids is 3. The normalized spacial score (nSPS) is 38.7. The molecule has 6 aliphatic carbocycles. The van der Waals surface area contributed by atoms with Gasteiger partial charge in [0.2, 0.25) is 5.91 Å². The Kier molecular flexibility index (Phi) is 10.8. The Hall–Kier alpha value is -2.26. The number of Topliss-reactive ketones (excluding diaryl/α,β-unsaturated/α-hetero) is 1. The molecule has 9 nitrogen and oxygen atoms in total. The summed E-state index contributed by atoms with van der Waals surface area (Å²) in [5.74, 6) is 0.537. The van der Waals surface area contributed by atoms with Crippen molar-refractivity contribution in [3.63, 3.8) is 0 Å². The number of amides is 1. The van der Waals surface area contributed by atoms with Crippen molar-refractivity contribution in [3.8, 4) is 0 Å². The fourth-order valence-electron chi connectivity index (χ4n) is 14.4. The van der Waals surface area contributed by atoms with Crippen LogP contribution in [-0.2, 0) is 23.9 Å². The van der Waals surface area contributed by atoms with Gasteiger partial charge in [-0.2, -0.15) is 0 Å². The second-order valence-corrected chi connectivity index (χ2v) is 22.3. The van der Waals surface area contributed by atoms with Crippen LogP contribution in [0, 0.1) is 62.1 Å². The van der Waals surface area contributed by atoms with Crippen molar-refractivity contribution in [2.24, 2.45) is 62.1 Å². The molecule has 6 fully saturated rings. The summed E-state index contributed by atoms with van der Waals surface area (Å²) < 4.78 is 6.19. The fraction of sp³-hybridized carbons (Fsp3) is 0.872. The zero-order chi connectivity index (χ0) is 40.8. The van der Waals surface area contributed by atoms with Crippen molar-refractivity contribution >= 4 is 23.6 Å². The number of hydrogen-bond donors (Lipinski definition) is 2. The van der Waals surface area contributed by atoms with Gasteiger partial charge >= 0.3 is 11.9 Å². The summed E-state index contributed by atoms with van der Waals surface area (Å²) in [4.78, 5) is 57.3. The van der Waals surface area contributed by atoms with Crippen molar-refractivity contribution in [1.29, 1.82) is 0 Å². The van der Waals surface area contributed by atoms with Crippen molar-refractivity contribution < 1.29 is 34.1 Å². The molecule has 0 spiro atoms. The number of ether oxygens (including phenoxy) is 1. The molecule has 0 aromatic rings. The summed E-state index contributed by atoms with van der Waals surface area (Å²) in [5, 5.41) is 22.3. The molecule has 0 aromatic heterocycles. The first-order valence-electron chi connectivity index (χ1n) is 22.5. The highest BCUT2D eigenvalue weighted by atomic mass is 16.5. The number of carboxylic acid groups (broad SMARTS) is 1. The van der Waals surface area contributed by atoms with E-state index in [1.165, 1.54) is 5.57 Å². The number of aliphatic hydroxyl groups excluding tert-OH is 1. The lowest BCUT2D eigenvalue weighted by molar-refractivity contribution is -0.235. The molecule has 0 bridgehead atoms. The Morgan fingerprint density at radius 3 is 2.20 bits per heavy atom. The summed E-state index contributed by atoms with van der Waals surface area (Å²) in [6.07, 6.45) is 11.4. The van der Waals surface area contributed by atoms with Crippen LogP contribution < -0.4 is 0 Å². The van der Waals surface area contributed by atoms with Gasteiger partial charge in [0.05, 0.1) is 24.5 Å². The SMILES string of the molecule is CC(C)C1=C2[C@H]3CC[C@@H]4[C@@]5(C)CC[C@H](OC(=O)CC(C)(C)C(=O)O)C(C)(C)[C@@H]5CC[C@@]4(C)[C@]3(C)CC[C@@]2([C@@H](O)CN(CC2CC2)C(=O)CN2CCCC2)CC1=O. The quantitative estimate of drug-likeness (QED) is 0.191. The second-order valence-electron chi connectivity index (χ2n) is 22.3. The molecule has 0 radical (unpaired) electrons. The minimum absolute atomic E-state index is 0.0216. The van der Waals surface area contributed by atoms with E-state index in [1.54, 1.807) is 13.8 Å². The van der Waals surface area contributed by atoms with Crippen LogP contribution in [0.25, 0.3) is 0 Å². The number of esters is 1. The molecule has 314 valence electrons. The molecule has 0 unspecified atom stereocenters. The molecule has 1 saturated heterocycles. The Bertz CT molecular complexity index is 1620.